The molecule has 0 atom stereocenters. The molecular weight excluding hydrogens is 362 g/mol. The van der Waals surface area contributed by atoms with Crippen LogP contribution in [0.4, 0.5) is 5.95 Å². The summed E-state index contributed by atoms with van der Waals surface area (Å²) in [4.78, 5) is 12.6. The number of para-hydroxylation sites is 2. The van der Waals surface area contributed by atoms with Gasteiger partial charge in [0.1, 0.15) is 17.6 Å². The average molecular weight is 388 g/mol. The largest absolute Gasteiger partial charge is 0.461 e. The second-order valence-corrected chi connectivity index (χ2v) is 8.37. The summed E-state index contributed by atoms with van der Waals surface area (Å²) in [5.74, 6) is 0.779. The van der Waals surface area contributed by atoms with E-state index in [2.05, 4.69) is 49.6 Å². The van der Waals surface area contributed by atoms with Crippen molar-refractivity contribution in [3.8, 4) is 0 Å². The number of nitrogen functional groups attached to an aromatic ring is 1. The molecule has 29 heavy (non-hydrogen) atoms. The number of Topliss-reactive ketones (excluding diaryl/α,β-unsaturated/α-hetero) is 1. The van der Waals surface area contributed by atoms with Gasteiger partial charge in [0.2, 0.25) is 5.78 Å². The lowest BCUT2D eigenvalue weighted by Gasteiger charge is -2.19. The minimum atomic E-state index is -0.107. The van der Waals surface area contributed by atoms with Crippen LogP contribution < -0.4 is 10.3 Å². The van der Waals surface area contributed by atoms with Gasteiger partial charge in [0.15, 0.2) is 5.76 Å². The van der Waals surface area contributed by atoms with Crippen molar-refractivity contribution in [1.29, 1.82) is 0 Å². The Kier molecular flexibility index (Phi) is 4.74. The van der Waals surface area contributed by atoms with Crippen molar-refractivity contribution in [2.24, 2.45) is 0 Å². The van der Waals surface area contributed by atoms with Gasteiger partial charge >= 0.3 is 5.95 Å². The van der Waals surface area contributed by atoms with E-state index in [1.54, 1.807) is 12.1 Å². The molecule has 0 bridgehead atoms. The third kappa shape index (κ3) is 3.68. The number of hydrogen-bond donors (Lipinski definition) is 1. The summed E-state index contributed by atoms with van der Waals surface area (Å²) >= 11 is 0. The summed E-state index contributed by atoms with van der Waals surface area (Å²) in [5.41, 5.74) is 11.0. The van der Waals surface area contributed by atoms with E-state index in [0.29, 0.717) is 18.3 Å². The van der Waals surface area contributed by atoms with E-state index in [1.807, 2.05) is 28.8 Å². The molecule has 0 saturated heterocycles. The number of ketones is 1. The van der Waals surface area contributed by atoms with Crippen LogP contribution in [0.2, 0.25) is 0 Å². The Morgan fingerprint density at radius 1 is 1.03 bits per heavy atom. The number of nitrogens with two attached hydrogens (primary N) is 1. The number of hydrogen-bond acceptors (Lipinski definition) is 3. The first kappa shape index (κ1) is 19.0. The summed E-state index contributed by atoms with van der Waals surface area (Å²) in [7, 11) is 0. The molecule has 5 heteroatoms. The van der Waals surface area contributed by atoms with Crippen LogP contribution in [-0.2, 0) is 18.5 Å². The van der Waals surface area contributed by atoms with Crippen LogP contribution in [0.3, 0.4) is 0 Å². The smallest absolute Gasteiger partial charge is 0.356 e. The SMILES string of the molecule is CC(C)(C)c1ccc(C[n+]2c(N)n(CC(=O)c3ccco3)c3ccccc32)cc1. The van der Waals surface area contributed by atoms with Crippen LogP contribution >= 0.6 is 0 Å². The van der Waals surface area contributed by atoms with E-state index < -0.39 is 0 Å². The summed E-state index contributed by atoms with van der Waals surface area (Å²) in [6.45, 7) is 7.39. The number of fused-ring (bicyclic) bond motifs is 1. The van der Waals surface area contributed by atoms with Crippen molar-refractivity contribution in [1.82, 2.24) is 4.57 Å². The zero-order valence-corrected chi connectivity index (χ0v) is 17.1. The predicted octanol–water partition coefficient (Wildman–Crippen LogP) is 4.33. The highest BCUT2D eigenvalue weighted by molar-refractivity contribution is 5.94. The number of carbonyl (C=O) groups is 1. The van der Waals surface area contributed by atoms with Gasteiger partial charge in [0, 0.05) is 0 Å². The van der Waals surface area contributed by atoms with E-state index in [-0.39, 0.29) is 17.7 Å². The maximum absolute atomic E-state index is 12.6. The number of nitrogens with zero attached hydrogens (tertiary/aromatic N) is 2. The monoisotopic (exact) mass is 388 g/mol. The molecule has 0 amide bonds. The molecule has 0 radical (unpaired) electrons. The Bertz CT molecular complexity index is 1150. The standard InChI is InChI=1S/C24H25N3O2/c1-24(2,3)18-12-10-17(11-13-18)15-26-19-7-4-5-8-20(19)27(23(26)25)16-21(28)22-9-6-14-29-22/h4-14,25H,15-16H2,1-3H3/p+1. The van der Waals surface area contributed by atoms with Gasteiger partial charge < -0.3 is 4.42 Å². The lowest BCUT2D eigenvalue weighted by atomic mass is 9.87. The topological polar surface area (TPSA) is 65.0 Å². The fourth-order valence-corrected chi connectivity index (χ4v) is 3.60. The molecule has 2 heterocycles. The van der Waals surface area contributed by atoms with Crippen molar-refractivity contribution in [2.75, 3.05) is 5.73 Å². The van der Waals surface area contributed by atoms with Gasteiger partial charge in [-0.1, -0.05) is 57.2 Å². The Hall–Kier alpha value is -3.34. The molecule has 0 unspecified atom stereocenters. The predicted molar refractivity (Wildman–Crippen MR) is 114 cm³/mol. The Morgan fingerprint density at radius 2 is 1.76 bits per heavy atom. The van der Waals surface area contributed by atoms with Crippen molar-refractivity contribution in [3.05, 3.63) is 83.8 Å². The molecule has 0 aliphatic rings. The first-order chi connectivity index (χ1) is 13.8. The van der Waals surface area contributed by atoms with Crippen LogP contribution in [0.25, 0.3) is 11.0 Å². The van der Waals surface area contributed by atoms with Gasteiger partial charge in [-0.3, -0.25) is 10.5 Å². The van der Waals surface area contributed by atoms with Crippen molar-refractivity contribution >= 4 is 22.8 Å². The molecule has 0 fully saturated rings. The third-order valence-electron chi connectivity index (χ3n) is 5.27. The molecule has 2 N–H and O–H groups in total. The summed E-state index contributed by atoms with van der Waals surface area (Å²) in [6.07, 6.45) is 1.51. The number of carbonyl (C=O) groups excluding carboxylic acids is 1. The van der Waals surface area contributed by atoms with E-state index in [4.69, 9.17) is 10.2 Å². The molecule has 148 valence electrons. The number of rotatable bonds is 5. The molecule has 0 aliphatic carbocycles. The van der Waals surface area contributed by atoms with Crippen LogP contribution in [-0.4, -0.2) is 10.4 Å². The summed E-state index contributed by atoms with van der Waals surface area (Å²) in [5, 5.41) is 0. The van der Waals surface area contributed by atoms with Gasteiger partial charge in [-0.2, -0.15) is 0 Å². The van der Waals surface area contributed by atoms with Gasteiger partial charge in [-0.15, -0.1) is 0 Å². The van der Waals surface area contributed by atoms with Gasteiger partial charge in [-0.05, 0) is 40.8 Å². The van der Waals surface area contributed by atoms with E-state index in [1.165, 1.54) is 11.8 Å². The lowest BCUT2D eigenvalue weighted by molar-refractivity contribution is -0.648. The molecular formula is C24H26N3O2+. The highest BCUT2D eigenvalue weighted by Gasteiger charge is 2.24. The molecule has 0 spiro atoms. The van der Waals surface area contributed by atoms with Gasteiger partial charge in [0.05, 0.1) is 12.8 Å². The second-order valence-electron chi connectivity index (χ2n) is 8.37. The van der Waals surface area contributed by atoms with Crippen LogP contribution in [0, 0.1) is 0 Å². The number of aromatic nitrogens is 2. The van der Waals surface area contributed by atoms with Crippen molar-refractivity contribution in [3.63, 3.8) is 0 Å². The van der Waals surface area contributed by atoms with E-state index in [0.717, 1.165) is 16.6 Å². The van der Waals surface area contributed by atoms with E-state index >= 15 is 0 Å². The Morgan fingerprint density at radius 3 is 2.41 bits per heavy atom. The number of imidazole rings is 1. The minimum absolute atomic E-state index is 0.107. The first-order valence-electron chi connectivity index (χ1n) is 9.77. The lowest BCUT2D eigenvalue weighted by Crippen LogP contribution is -2.37. The molecule has 0 saturated carbocycles. The van der Waals surface area contributed by atoms with E-state index in [9.17, 15) is 4.79 Å². The fraction of sp³-hybridized carbons (Fsp3) is 0.250. The van der Waals surface area contributed by atoms with Gasteiger partial charge in [0.25, 0.3) is 0 Å². The molecule has 4 rings (SSSR count). The van der Waals surface area contributed by atoms with Gasteiger partial charge in [-0.25, -0.2) is 9.13 Å². The number of furan rings is 1. The normalized spacial score (nSPS) is 11.8. The zero-order valence-electron chi connectivity index (χ0n) is 17.1. The first-order valence-corrected chi connectivity index (χ1v) is 9.77. The second kappa shape index (κ2) is 7.24. The molecule has 2 aromatic heterocycles. The zero-order chi connectivity index (χ0) is 20.6. The maximum atomic E-state index is 12.6. The number of anilines is 1. The van der Waals surface area contributed by atoms with Crippen molar-refractivity contribution in [2.45, 2.75) is 39.3 Å². The quantitative estimate of drug-likeness (QED) is 0.409. The molecule has 2 aromatic carbocycles. The average Bonchev–Trinajstić information content (AvgIpc) is 3.31. The van der Waals surface area contributed by atoms with Crippen LogP contribution in [0.5, 0.6) is 0 Å². The number of benzene rings is 2. The highest BCUT2D eigenvalue weighted by atomic mass is 16.3. The molecule has 0 aliphatic heterocycles. The maximum Gasteiger partial charge on any atom is 0.356 e. The fourth-order valence-electron chi connectivity index (χ4n) is 3.60. The highest BCUT2D eigenvalue weighted by Crippen LogP contribution is 2.23. The molecule has 4 aromatic rings. The summed E-state index contributed by atoms with van der Waals surface area (Å²) < 4.78 is 9.15. The summed E-state index contributed by atoms with van der Waals surface area (Å²) in [6, 6.07) is 20.0. The Labute approximate surface area is 170 Å². The molecule has 5 nitrogen and oxygen atoms in total. The van der Waals surface area contributed by atoms with Crippen LogP contribution in [0.1, 0.15) is 42.5 Å². The Balaban J connectivity index is 1.70. The van der Waals surface area contributed by atoms with Crippen molar-refractivity contribution < 1.29 is 13.8 Å². The third-order valence-corrected chi connectivity index (χ3v) is 5.27. The minimum Gasteiger partial charge on any atom is -0.461 e. The van der Waals surface area contributed by atoms with Crippen LogP contribution in [0.15, 0.2) is 71.3 Å².